The van der Waals surface area contributed by atoms with Gasteiger partial charge in [0.15, 0.2) is 0 Å². The predicted octanol–water partition coefficient (Wildman–Crippen LogP) is 4.82. The summed E-state index contributed by atoms with van der Waals surface area (Å²) in [6.07, 6.45) is 3.92. The third-order valence-electron chi connectivity index (χ3n) is 3.40. The summed E-state index contributed by atoms with van der Waals surface area (Å²) < 4.78 is 1.01. The molecule has 0 saturated carbocycles. The van der Waals surface area contributed by atoms with Crippen molar-refractivity contribution in [2.24, 2.45) is 0 Å². The first-order valence-corrected chi connectivity index (χ1v) is 8.42. The molecule has 1 aromatic heterocycles. The number of halogens is 2. The molecule has 2 nitrogen and oxygen atoms in total. The van der Waals surface area contributed by atoms with Crippen LogP contribution in [0.1, 0.15) is 30.5 Å². The zero-order valence-electron chi connectivity index (χ0n) is 12.2. The Hall–Kier alpha value is -0.900. The highest BCUT2D eigenvalue weighted by molar-refractivity contribution is 9.10. The number of benzene rings is 1. The second-order valence-corrected chi connectivity index (χ2v) is 6.48. The molecule has 0 amide bonds. The van der Waals surface area contributed by atoms with Gasteiger partial charge in [0.2, 0.25) is 0 Å². The first-order chi connectivity index (χ1) is 10.2. The Morgan fingerprint density at radius 2 is 1.95 bits per heavy atom. The van der Waals surface area contributed by atoms with Crippen molar-refractivity contribution in [3.8, 4) is 0 Å². The van der Waals surface area contributed by atoms with Crippen molar-refractivity contribution < 1.29 is 0 Å². The van der Waals surface area contributed by atoms with Gasteiger partial charge in [-0.15, -0.1) is 0 Å². The lowest BCUT2D eigenvalue weighted by Crippen LogP contribution is -2.24. The van der Waals surface area contributed by atoms with Gasteiger partial charge in [-0.2, -0.15) is 0 Å². The monoisotopic (exact) mass is 366 g/mol. The van der Waals surface area contributed by atoms with Crippen LogP contribution < -0.4 is 5.32 Å². The standard InChI is InChI=1S/C17H20BrClN2/c1-2-9-20-11-14(13-3-6-16(19)7-4-13)10-17-8-5-15(18)12-21-17/h3-8,12,14,20H,2,9-11H2,1H3. The highest BCUT2D eigenvalue weighted by atomic mass is 79.9. The Balaban J connectivity index is 2.11. The summed E-state index contributed by atoms with van der Waals surface area (Å²) in [6, 6.07) is 12.3. The minimum absolute atomic E-state index is 0.405. The van der Waals surface area contributed by atoms with Crippen molar-refractivity contribution in [2.45, 2.75) is 25.7 Å². The van der Waals surface area contributed by atoms with Gasteiger partial charge in [-0.1, -0.05) is 30.7 Å². The Labute approximate surface area is 140 Å². The lowest BCUT2D eigenvalue weighted by atomic mass is 9.94. The van der Waals surface area contributed by atoms with Gasteiger partial charge in [0.1, 0.15) is 0 Å². The maximum Gasteiger partial charge on any atom is 0.0413 e. The molecule has 0 bridgehead atoms. The van der Waals surface area contributed by atoms with E-state index in [1.54, 1.807) is 0 Å². The fraction of sp³-hybridized carbons (Fsp3) is 0.353. The molecule has 0 saturated heterocycles. The van der Waals surface area contributed by atoms with Crippen LogP contribution >= 0.6 is 27.5 Å². The molecule has 1 N–H and O–H groups in total. The van der Waals surface area contributed by atoms with Gasteiger partial charge in [0.25, 0.3) is 0 Å². The summed E-state index contributed by atoms with van der Waals surface area (Å²) in [7, 11) is 0. The molecule has 2 aromatic rings. The van der Waals surface area contributed by atoms with Crippen LogP contribution in [0.3, 0.4) is 0 Å². The summed E-state index contributed by atoms with van der Waals surface area (Å²) in [5.74, 6) is 0.405. The van der Waals surface area contributed by atoms with Crippen LogP contribution in [-0.4, -0.2) is 18.1 Å². The van der Waals surface area contributed by atoms with Gasteiger partial charge in [0.05, 0.1) is 0 Å². The average Bonchev–Trinajstić information content (AvgIpc) is 2.49. The maximum atomic E-state index is 5.99. The third-order valence-corrected chi connectivity index (χ3v) is 4.12. The fourth-order valence-corrected chi connectivity index (χ4v) is 2.64. The van der Waals surface area contributed by atoms with Crippen molar-refractivity contribution >= 4 is 27.5 Å². The van der Waals surface area contributed by atoms with Crippen molar-refractivity contribution in [3.63, 3.8) is 0 Å². The lowest BCUT2D eigenvalue weighted by Gasteiger charge is -2.18. The molecule has 1 aromatic carbocycles. The largest absolute Gasteiger partial charge is 0.316 e. The molecular formula is C17H20BrClN2. The van der Waals surface area contributed by atoms with Crippen LogP contribution in [-0.2, 0) is 6.42 Å². The van der Waals surface area contributed by atoms with E-state index in [0.29, 0.717) is 5.92 Å². The van der Waals surface area contributed by atoms with Crippen molar-refractivity contribution in [1.29, 1.82) is 0 Å². The molecule has 0 fully saturated rings. The SMILES string of the molecule is CCCNCC(Cc1ccc(Br)cn1)c1ccc(Cl)cc1. The van der Waals surface area contributed by atoms with Crippen molar-refractivity contribution in [3.05, 3.63) is 63.3 Å². The molecule has 0 aliphatic carbocycles. The van der Waals surface area contributed by atoms with E-state index in [1.807, 2.05) is 24.4 Å². The Bertz CT molecular complexity index is 540. The summed E-state index contributed by atoms with van der Waals surface area (Å²) in [5.41, 5.74) is 2.41. The number of nitrogens with zero attached hydrogens (tertiary/aromatic N) is 1. The number of aromatic nitrogens is 1. The first kappa shape index (κ1) is 16.5. The van der Waals surface area contributed by atoms with E-state index in [2.05, 4.69) is 51.4 Å². The van der Waals surface area contributed by atoms with Gasteiger partial charge in [-0.05, 0) is 65.1 Å². The fourth-order valence-electron chi connectivity index (χ4n) is 2.28. The number of hydrogen-bond donors (Lipinski definition) is 1. The zero-order chi connectivity index (χ0) is 15.1. The lowest BCUT2D eigenvalue weighted by molar-refractivity contribution is 0.572. The van der Waals surface area contributed by atoms with E-state index in [-0.39, 0.29) is 0 Å². The Morgan fingerprint density at radius 3 is 2.57 bits per heavy atom. The number of hydrogen-bond acceptors (Lipinski definition) is 2. The minimum Gasteiger partial charge on any atom is -0.316 e. The molecular weight excluding hydrogens is 348 g/mol. The van der Waals surface area contributed by atoms with E-state index < -0.39 is 0 Å². The minimum atomic E-state index is 0.405. The molecule has 0 radical (unpaired) electrons. The summed E-state index contributed by atoms with van der Waals surface area (Å²) in [4.78, 5) is 4.49. The smallest absolute Gasteiger partial charge is 0.0413 e. The van der Waals surface area contributed by atoms with Crippen LogP contribution in [0.4, 0.5) is 0 Å². The highest BCUT2D eigenvalue weighted by Crippen LogP contribution is 2.22. The summed E-state index contributed by atoms with van der Waals surface area (Å²) in [6.45, 7) is 4.17. The summed E-state index contributed by atoms with van der Waals surface area (Å²) in [5, 5.41) is 4.29. The second kappa shape index (κ2) is 8.52. The number of rotatable bonds is 7. The van der Waals surface area contributed by atoms with Crippen LogP contribution in [0.5, 0.6) is 0 Å². The van der Waals surface area contributed by atoms with E-state index in [0.717, 1.165) is 41.1 Å². The van der Waals surface area contributed by atoms with Gasteiger partial charge < -0.3 is 5.32 Å². The van der Waals surface area contributed by atoms with E-state index in [9.17, 15) is 0 Å². The normalized spacial score (nSPS) is 12.3. The molecule has 1 atom stereocenters. The van der Waals surface area contributed by atoms with Crippen molar-refractivity contribution in [2.75, 3.05) is 13.1 Å². The molecule has 4 heteroatoms. The molecule has 0 aliphatic rings. The van der Waals surface area contributed by atoms with Crippen molar-refractivity contribution in [1.82, 2.24) is 10.3 Å². The number of nitrogens with one attached hydrogen (secondary N) is 1. The topological polar surface area (TPSA) is 24.9 Å². The van der Waals surface area contributed by atoms with E-state index in [4.69, 9.17) is 11.6 Å². The number of pyridine rings is 1. The van der Waals surface area contributed by atoms with Crippen LogP contribution in [0.2, 0.25) is 5.02 Å². The Kier molecular flexibility index (Phi) is 6.68. The van der Waals surface area contributed by atoms with Crippen LogP contribution in [0.15, 0.2) is 47.1 Å². The molecule has 1 heterocycles. The highest BCUT2D eigenvalue weighted by Gasteiger charge is 2.13. The quantitative estimate of drug-likeness (QED) is 0.709. The maximum absolute atomic E-state index is 5.99. The van der Waals surface area contributed by atoms with Gasteiger partial charge in [-0.25, -0.2) is 0 Å². The average molecular weight is 368 g/mol. The molecule has 21 heavy (non-hydrogen) atoms. The molecule has 112 valence electrons. The van der Waals surface area contributed by atoms with Crippen LogP contribution in [0.25, 0.3) is 0 Å². The first-order valence-electron chi connectivity index (χ1n) is 7.25. The third kappa shape index (κ3) is 5.42. The summed E-state index contributed by atoms with van der Waals surface area (Å²) >= 11 is 9.41. The molecule has 1 unspecified atom stereocenters. The predicted molar refractivity (Wildman–Crippen MR) is 93.0 cm³/mol. The molecule has 0 aliphatic heterocycles. The Morgan fingerprint density at radius 1 is 1.19 bits per heavy atom. The molecule has 0 spiro atoms. The zero-order valence-corrected chi connectivity index (χ0v) is 14.5. The molecule has 2 rings (SSSR count). The van der Waals surface area contributed by atoms with Gasteiger partial charge in [0, 0.05) is 33.8 Å². The van der Waals surface area contributed by atoms with E-state index >= 15 is 0 Å². The van der Waals surface area contributed by atoms with Gasteiger partial charge in [-0.3, -0.25) is 4.98 Å². The van der Waals surface area contributed by atoms with Gasteiger partial charge >= 0.3 is 0 Å². The second-order valence-electron chi connectivity index (χ2n) is 5.12. The van der Waals surface area contributed by atoms with E-state index in [1.165, 1.54) is 5.56 Å². The van der Waals surface area contributed by atoms with Crippen LogP contribution in [0, 0.1) is 0 Å².